The highest BCUT2D eigenvalue weighted by atomic mass is 32.1. The van der Waals surface area contributed by atoms with Crippen molar-refractivity contribution in [2.75, 3.05) is 0 Å². The van der Waals surface area contributed by atoms with Crippen LogP contribution in [0.5, 0.6) is 0 Å². The third-order valence-electron chi connectivity index (χ3n) is 1.76. The quantitative estimate of drug-likeness (QED) is 0.492. The molecule has 0 aromatic carbocycles. The zero-order chi connectivity index (χ0) is 8.72. The first-order valence-corrected chi connectivity index (χ1v) is 4.14. The van der Waals surface area contributed by atoms with Gasteiger partial charge in [0, 0.05) is 11.3 Å². The lowest BCUT2D eigenvalue weighted by Crippen LogP contribution is -1.94. The first-order chi connectivity index (χ1) is 5.68. The third kappa shape index (κ3) is 0.992. The Balaban J connectivity index is 2.92. The number of rotatable bonds is 0. The second-order valence-electron chi connectivity index (χ2n) is 2.82. The predicted octanol–water partition coefficient (Wildman–Crippen LogP) is 1.63. The van der Waals surface area contributed by atoms with Crippen molar-refractivity contribution in [3.8, 4) is 0 Å². The van der Waals surface area contributed by atoms with E-state index < -0.39 is 0 Å². The summed E-state index contributed by atoms with van der Waals surface area (Å²) in [5.74, 6) is 0. The summed E-state index contributed by atoms with van der Waals surface area (Å²) in [6.07, 6.45) is 1.79. The van der Waals surface area contributed by atoms with Gasteiger partial charge >= 0.3 is 0 Å². The van der Waals surface area contributed by atoms with Crippen LogP contribution in [0.3, 0.4) is 0 Å². The Labute approximate surface area is 75.8 Å². The van der Waals surface area contributed by atoms with Gasteiger partial charge in [-0.05, 0) is 19.9 Å². The molecular formula is C8H9N3S. The van der Waals surface area contributed by atoms with E-state index in [4.69, 9.17) is 0 Å². The first kappa shape index (κ1) is 7.61. The molecule has 0 fully saturated rings. The molecule has 62 valence electrons. The van der Waals surface area contributed by atoms with Crippen molar-refractivity contribution in [2.24, 2.45) is 0 Å². The van der Waals surface area contributed by atoms with Crippen molar-refractivity contribution in [3.63, 3.8) is 0 Å². The second kappa shape index (κ2) is 2.48. The van der Waals surface area contributed by atoms with E-state index in [1.807, 2.05) is 19.9 Å². The third-order valence-corrected chi connectivity index (χ3v) is 2.08. The summed E-state index contributed by atoms with van der Waals surface area (Å²) < 4.78 is 1.73. The van der Waals surface area contributed by atoms with Gasteiger partial charge in [0.1, 0.15) is 0 Å². The average molecular weight is 179 g/mol. The fourth-order valence-corrected chi connectivity index (χ4v) is 1.51. The molecule has 0 amide bonds. The smallest absolute Gasteiger partial charge is 0.159 e. The number of nitrogens with zero attached hydrogens (tertiary/aromatic N) is 3. The molecule has 2 rings (SSSR count). The lowest BCUT2D eigenvalue weighted by atomic mass is 10.4. The van der Waals surface area contributed by atoms with E-state index in [0.717, 1.165) is 21.9 Å². The highest BCUT2D eigenvalue weighted by Gasteiger charge is 2.03. The van der Waals surface area contributed by atoms with Gasteiger partial charge in [-0.1, -0.05) is 0 Å². The van der Waals surface area contributed by atoms with Gasteiger partial charge in [0.15, 0.2) is 5.65 Å². The number of hydrogen-bond acceptors (Lipinski definition) is 3. The van der Waals surface area contributed by atoms with E-state index in [1.165, 1.54) is 0 Å². The Bertz CT molecular complexity index is 433. The second-order valence-corrected chi connectivity index (χ2v) is 3.28. The van der Waals surface area contributed by atoms with Crippen LogP contribution < -0.4 is 0 Å². The van der Waals surface area contributed by atoms with Crippen molar-refractivity contribution in [1.29, 1.82) is 0 Å². The van der Waals surface area contributed by atoms with E-state index in [0.29, 0.717) is 0 Å². The Morgan fingerprint density at radius 2 is 2.17 bits per heavy atom. The standard InChI is InChI=1S/C8H9N3S/c1-5-4-9-11-7(12)3-6(2)10-8(5)11/h3-4,12H,1-2H3. The number of fused-ring (bicyclic) bond motifs is 1. The van der Waals surface area contributed by atoms with Crippen LogP contribution in [-0.2, 0) is 0 Å². The molecule has 0 saturated heterocycles. The molecule has 0 N–H and O–H groups in total. The fourth-order valence-electron chi connectivity index (χ4n) is 1.17. The molecule has 0 atom stereocenters. The summed E-state index contributed by atoms with van der Waals surface area (Å²) >= 11 is 4.29. The SMILES string of the molecule is Cc1cc(S)n2ncc(C)c2n1. The van der Waals surface area contributed by atoms with Crippen molar-refractivity contribution >= 4 is 18.3 Å². The molecule has 0 radical (unpaired) electrons. The maximum Gasteiger partial charge on any atom is 0.159 e. The van der Waals surface area contributed by atoms with Crippen LogP contribution in [0.2, 0.25) is 0 Å². The van der Waals surface area contributed by atoms with Gasteiger partial charge in [0.25, 0.3) is 0 Å². The predicted molar refractivity (Wildman–Crippen MR) is 49.7 cm³/mol. The minimum absolute atomic E-state index is 0.825. The molecule has 2 aromatic rings. The maximum absolute atomic E-state index is 4.35. The Kier molecular flexibility index (Phi) is 1.58. The molecule has 0 spiro atoms. The number of aryl methyl sites for hydroxylation is 2. The lowest BCUT2D eigenvalue weighted by molar-refractivity contribution is 0.837. The van der Waals surface area contributed by atoms with Crippen molar-refractivity contribution in [1.82, 2.24) is 14.6 Å². The normalized spacial score (nSPS) is 10.9. The highest BCUT2D eigenvalue weighted by Crippen LogP contribution is 2.13. The number of thiol groups is 1. The van der Waals surface area contributed by atoms with Crippen molar-refractivity contribution in [3.05, 3.63) is 23.5 Å². The maximum atomic E-state index is 4.35. The van der Waals surface area contributed by atoms with Crippen LogP contribution in [0.15, 0.2) is 17.3 Å². The van der Waals surface area contributed by atoms with E-state index in [1.54, 1.807) is 10.7 Å². The van der Waals surface area contributed by atoms with E-state index in [9.17, 15) is 0 Å². The minimum Gasteiger partial charge on any atom is -0.234 e. The van der Waals surface area contributed by atoms with Gasteiger partial charge in [-0.25, -0.2) is 9.50 Å². The first-order valence-electron chi connectivity index (χ1n) is 3.69. The summed E-state index contributed by atoms with van der Waals surface area (Å²) in [6, 6.07) is 1.89. The summed E-state index contributed by atoms with van der Waals surface area (Å²) in [6.45, 7) is 3.94. The average Bonchev–Trinajstić information content (AvgIpc) is 2.33. The van der Waals surface area contributed by atoms with Gasteiger partial charge in [0.2, 0.25) is 0 Å². The van der Waals surface area contributed by atoms with E-state index in [-0.39, 0.29) is 0 Å². The molecule has 0 aliphatic rings. The zero-order valence-electron chi connectivity index (χ0n) is 6.94. The molecule has 4 heteroatoms. The molecule has 12 heavy (non-hydrogen) atoms. The van der Waals surface area contributed by atoms with Crippen molar-refractivity contribution < 1.29 is 0 Å². The molecule has 2 heterocycles. The Morgan fingerprint density at radius 3 is 2.92 bits per heavy atom. The van der Waals surface area contributed by atoms with Crippen LogP contribution in [0, 0.1) is 13.8 Å². The monoisotopic (exact) mass is 179 g/mol. The largest absolute Gasteiger partial charge is 0.234 e. The zero-order valence-corrected chi connectivity index (χ0v) is 7.84. The molecule has 0 bridgehead atoms. The summed E-state index contributed by atoms with van der Waals surface area (Å²) in [4.78, 5) is 4.35. The minimum atomic E-state index is 0.825. The Hall–Kier alpha value is -1.03. The van der Waals surface area contributed by atoms with Crippen LogP contribution in [-0.4, -0.2) is 14.6 Å². The van der Waals surface area contributed by atoms with Gasteiger partial charge in [-0.2, -0.15) is 5.10 Å². The Morgan fingerprint density at radius 1 is 1.42 bits per heavy atom. The highest BCUT2D eigenvalue weighted by molar-refractivity contribution is 7.80. The van der Waals surface area contributed by atoms with E-state index in [2.05, 4.69) is 22.7 Å². The molecular weight excluding hydrogens is 170 g/mol. The molecule has 0 aliphatic heterocycles. The van der Waals surface area contributed by atoms with Crippen LogP contribution in [0.1, 0.15) is 11.3 Å². The number of hydrogen-bond donors (Lipinski definition) is 1. The summed E-state index contributed by atoms with van der Waals surface area (Å²) in [7, 11) is 0. The molecule has 0 aliphatic carbocycles. The number of aromatic nitrogens is 3. The van der Waals surface area contributed by atoms with Crippen LogP contribution >= 0.6 is 12.6 Å². The van der Waals surface area contributed by atoms with Gasteiger partial charge in [-0.15, -0.1) is 12.6 Å². The summed E-state index contributed by atoms with van der Waals surface area (Å²) in [5, 5.41) is 4.96. The molecule has 3 nitrogen and oxygen atoms in total. The van der Waals surface area contributed by atoms with Gasteiger partial charge in [-0.3, -0.25) is 0 Å². The van der Waals surface area contributed by atoms with Crippen molar-refractivity contribution in [2.45, 2.75) is 18.9 Å². The molecule has 0 saturated carbocycles. The topological polar surface area (TPSA) is 30.2 Å². The summed E-state index contributed by atoms with van der Waals surface area (Å²) in [5.41, 5.74) is 2.94. The fraction of sp³-hybridized carbons (Fsp3) is 0.250. The van der Waals surface area contributed by atoms with Crippen LogP contribution in [0.25, 0.3) is 5.65 Å². The van der Waals surface area contributed by atoms with Gasteiger partial charge in [0.05, 0.1) is 11.2 Å². The van der Waals surface area contributed by atoms with Gasteiger partial charge < -0.3 is 0 Å². The lowest BCUT2D eigenvalue weighted by Gasteiger charge is -1.99. The molecule has 0 unspecified atom stereocenters. The molecule has 2 aromatic heterocycles. The van der Waals surface area contributed by atoms with Crippen LogP contribution in [0.4, 0.5) is 0 Å². The van der Waals surface area contributed by atoms with E-state index >= 15 is 0 Å².